The van der Waals surface area contributed by atoms with E-state index in [1.807, 2.05) is 30.5 Å². The van der Waals surface area contributed by atoms with Crippen LogP contribution in [0.15, 0.2) is 67.1 Å². The van der Waals surface area contributed by atoms with E-state index in [0.717, 1.165) is 22.3 Å². The van der Waals surface area contributed by atoms with Crippen LogP contribution < -0.4 is 4.74 Å². The number of fused-ring (bicyclic) bond motifs is 2. The summed E-state index contributed by atoms with van der Waals surface area (Å²) >= 11 is 0. The summed E-state index contributed by atoms with van der Waals surface area (Å²) < 4.78 is 7.31. The molecule has 4 aromatic rings. The van der Waals surface area contributed by atoms with Gasteiger partial charge in [-0.05, 0) is 34.4 Å². The Hall–Kier alpha value is -2.81. The minimum absolute atomic E-state index is 0.851. The van der Waals surface area contributed by atoms with Crippen molar-refractivity contribution in [2.45, 2.75) is 0 Å². The Kier molecular flexibility index (Phi) is 2.64. The minimum atomic E-state index is 0.851. The largest absolute Gasteiger partial charge is 0.497 e. The van der Waals surface area contributed by atoms with Crippen molar-refractivity contribution in [1.82, 2.24) is 9.55 Å². The lowest BCUT2D eigenvalue weighted by Gasteiger charge is -2.05. The van der Waals surface area contributed by atoms with Crippen molar-refractivity contribution in [2.75, 3.05) is 7.11 Å². The van der Waals surface area contributed by atoms with Gasteiger partial charge in [0.2, 0.25) is 0 Å². The number of hydrogen-bond acceptors (Lipinski definition) is 2. The standard InChI is InChI=1S/C18H14N2O/c1-21-17-7-6-13-9-18(19-10-16(13)8-17)20-11-14-4-2-3-5-15(14)12-20/h2-12H,1H3. The van der Waals surface area contributed by atoms with Gasteiger partial charge in [-0.15, -0.1) is 0 Å². The number of nitrogens with zero attached hydrogens (tertiary/aromatic N) is 2. The average molecular weight is 274 g/mol. The van der Waals surface area contributed by atoms with Crippen molar-refractivity contribution in [3.05, 3.63) is 67.1 Å². The zero-order chi connectivity index (χ0) is 14.2. The molecule has 0 spiro atoms. The van der Waals surface area contributed by atoms with E-state index < -0.39 is 0 Å². The van der Waals surface area contributed by atoms with Crippen LogP contribution in [0, 0.1) is 0 Å². The third-order valence-corrected chi connectivity index (χ3v) is 3.73. The monoisotopic (exact) mass is 274 g/mol. The number of hydrogen-bond donors (Lipinski definition) is 0. The molecule has 4 rings (SSSR count). The molecule has 0 bridgehead atoms. The minimum Gasteiger partial charge on any atom is -0.497 e. The van der Waals surface area contributed by atoms with Crippen molar-refractivity contribution in [3.8, 4) is 11.6 Å². The summed E-state index contributed by atoms with van der Waals surface area (Å²) in [6.45, 7) is 0. The Balaban J connectivity index is 1.86. The fourth-order valence-electron chi connectivity index (χ4n) is 2.59. The quantitative estimate of drug-likeness (QED) is 0.548. The van der Waals surface area contributed by atoms with E-state index in [-0.39, 0.29) is 0 Å². The zero-order valence-electron chi connectivity index (χ0n) is 11.7. The van der Waals surface area contributed by atoms with E-state index in [1.54, 1.807) is 7.11 Å². The van der Waals surface area contributed by atoms with Crippen LogP contribution in [0.3, 0.4) is 0 Å². The molecule has 0 aliphatic carbocycles. The van der Waals surface area contributed by atoms with Crippen molar-refractivity contribution in [1.29, 1.82) is 0 Å². The van der Waals surface area contributed by atoms with Gasteiger partial charge in [0.25, 0.3) is 0 Å². The summed E-state index contributed by atoms with van der Waals surface area (Å²) in [6.07, 6.45) is 6.10. The maximum absolute atomic E-state index is 5.24. The summed E-state index contributed by atoms with van der Waals surface area (Å²) in [7, 11) is 1.67. The molecule has 0 aliphatic heterocycles. The third kappa shape index (κ3) is 2.03. The van der Waals surface area contributed by atoms with Crippen LogP contribution in [-0.4, -0.2) is 16.7 Å². The molecule has 0 fully saturated rings. The van der Waals surface area contributed by atoms with E-state index in [2.05, 4.69) is 46.2 Å². The molecule has 0 aliphatic rings. The van der Waals surface area contributed by atoms with E-state index in [1.165, 1.54) is 10.8 Å². The molecule has 3 nitrogen and oxygen atoms in total. The highest BCUT2D eigenvalue weighted by Crippen LogP contribution is 2.23. The van der Waals surface area contributed by atoms with Crippen molar-refractivity contribution < 1.29 is 4.74 Å². The lowest BCUT2D eigenvalue weighted by Crippen LogP contribution is -1.93. The Labute approximate surface area is 122 Å². The second kappa shape index (κ2) is 4.63. The van der Waals surface area contributed by atoms with Crippen LogP contribution >= 0.6 is 0 Å². The van der Waals surface area contributed by atoms with E-state index in [9.17, 15) is 0 Å². The first-order chi connectivity index (χ1) is 10.3. The molecule has 0 N–H and O–H groups in total. The van der Waals surface area contributed by atoms with Gasteiger partial charge in [-0.1, -0.05) is 30.3 Å². The molecule has 3 heteroatoms. The van der Waals surface area contributed by atoms with Crippen LogP contribution in [-0.2, 0) is 0 Å². The number of benzene rings is 2. The fourth-order valence-corrected chi connectivity index (χ4v) is 2.59. The van der Waals surface area contributed by atoms with Gasteiger partial charge in [-0.2, -0.15) is 0 Å². The number of rotatable bonds is 2. The maximum Gasteiger partial charge on any atom is 0.137 e. The van der Waals surface area contributed by atoms with Crippen molar-refractivity contribution >= 4 is 21.5 Å². The number of aromatic nitrogens is 2. The second-order valence-corrected chi connectivity index (χ2v) is 5.05. The topological polar surface area (TPSA) is 27.1 Å². The maximum atomic E-state index is 5.24. The number of ether oxygens (including phenoxy) is 1. The predicted molar refractivity (Wildman–Crippen MR) is 85.1 cm³/mol. The summed E-state index contributed by atoms with van der Waals surface area (Å²) in [4.78, 5) is 4.56. The van der Waals surface area contributed by atoms with Crippen molar-refractivity contribution in [3.63, 3.8) is 0 Å². The zero-order valence-corrected chi connectivity index (χ0v) is 11.7. The molecule has 2 aromatic heterocycles. The molecule has 0 atom stereocenters. The summed E-state index contributed by atoms with van der Waals surface area (Å²) in [5.41, 5.74) is 0. The molecule has 2 aromatic carbocycles. The highest BCUT2D eigenvalue weighted by Gasteiger charge is 2.03. The summed E-state index contributed by atoms with van der Waals surface area (Å²) in [5.74, 6) is 1.77. The van der Waals surface area contributed by atoms with Crippen LogP contribution in [0.2, 0.25) is 0 Å². The van der Waals surface area contributed by atoms with Gasteiger partial charge >= 0.3 is 0 Å². The molecular weight excluding hydrogens is 260 g/mol. The third-order valence-electron chi connectivity index (χ3n) is 3.73. The Morgan fingerprint density at radius 3 is 2.33 bits per heavy atom. The Morgan fingerprint density at radius 2 is 1.62 bits per heavy atom. The normalized spacial score (nSPS) is 11.1. The highest BCUT2D eigenvalue weighted by atomic mass is 16.5. The average Bonchev–Trinajstić information content (AvgIpc) is 2.98. The first kappa shape index (κ1) is 12.0. The molecule has 0 saturated carbocycles. The van der Waals surface area contributed by atoms with Gasteiger partial charge < -0.3 is 9.30 Å². The fraction of sp³-hybridized carbons (Fsp3) is 0.0556. The van der Waals surface area contributed by atoms with Crippen LogP contribution in [0.1, 0.15) is 0 Å². The summed E-state index contributed by atoms with van der Waals surface area (Å²) in [5, 5.41) is 4.66. The second-order valence-electron chi connectivity index (χ2n) is 5.05. The van der Waals surface area contributed by atoms with E-state index >= 15 is 0 Å². The molecule has 0 amide bonds. The predicted octanol–water partition coefficient (Wildman–Crippen LogP) is 4.19. The highest BCUT2D eigenvalue weighted by molar-refractivity contribution is 5.86. The van der Waals surface area contributed by atoms with Gasteiger partial charge in [0.05, 0.1) is 7.11 Å². The number of pyridine rings is 1. The van der Waals surface area contributed by atoms with Gasteiger partial charge in [0.15, 0.2) is 0 Å². The summed E-state index contributed by atoms with van der Waals surface area (Å²) in [6, 6.07) is 16.4. The van der Waals surface area contributed by atoms with Gasteiger partial charge in [0, 0.05) is 24.0 Å². The smallest absolute Gasteiger partial charge is 0.137 e. The molecule has 0 unspecified atom stereocenters. The van der Waals surface area contributed by atoms with Crippen LogP contribution in [0.25, 0.3) is 27.4 Å². The van der Waals surface area contributed by atoms with E-state index in [0.29, 0.717) is 0 Å². The Morgan fingerprint density at radius 1 is 0.857 bits per heavy atom. The molecule has 21 heavy (non-hydrogen) atoms. The molecular formula is C18H14N2O. The molecule has 2 heterocycles. The van der Waals surface area contributed by atoms with Gasteiger partial charge in [-0.3, -0.25) is 0 Å². The lowest BCUT2D eigenvalue weighted by atomic mass is 10.1. The Bertz CT molecular complexity index is 907. The van der Waals surface area contributed by atoms with Gasteiger partial charge in [0.1, 0.15) is 11.6 Å². The number of methoxy groups -OCH3 is 1. The first-order valence-corrected chi connectivity index (χ1v) is 6.84. The molecule has 102 valence electrons. The van der Waals surface area contributed by atoms with Crippen LogP contribution in [0.5, 0.6) is 5.75 Å². The molecule has 0 radical (unpaired) electrons. The molecule has 0 saturated heterocycles. The van der Waals surface area contributed by atoms with Crippen LogP contribution in [0.4, 0.5) is 0 Å². The SMILES string of the molecule is COc1ccc2cc(-n3cc4ccccc4c3)ncc2c1. The first-order valence-electron chi connectivity index (χ1n) is 6.84. The van der Waals surface area contributed by atoms with Crippen molar-refractivity contribution in [2.24, 2.45) is 0 Å². The van der Waals surface area contributed by atoms with E-state index in [4.69, 9.17) is 4.74 Å². The van der Waals surface area contributed by atoms with Gasteiger partial charge in [-0.25, -0.2) is 4.98 Å². The lowest BCUT2D eigenvalue weighted by molar-refractivity contribution is 0.415.